The Labute approximate surface area is 484 Å². The number of nitrogens with zero attached hydrogens (tertiary/aromatic N) is 2. The molecule has 5 aliphatic rings. The fourth-order valence-electron chi connectivity index (χ4n) is 16.4. The van der Waals surface area contributed by atoms with Crippen LogP contribution in [-0.2, 0) is 10.8 Å². The van der Waals surface area contributed by atoms with Gasteiger partial charge in [0.2, 0.25) is 0 Å². The van der Waals surface area contributed by atoms with Crippen molar-refractivity contribution in [1.82, 2.24) is 0 Å². The topological polar surface area (TPSA) is 6.48 Å². The normalized spacial score (nSPS) is 20.0. The zero-order valence-corrected chi connectivity index (χ0v) is 47.1. The van der Waals surface area contributed by atoms with Gasteiger partial charge in [-0.3, -0.25) is 0 Å². The lowest BCUT2D eigenvalue weighted by Gasteiger charge is -2.43. The van der Waals surface area contributed by atoms with Crippen LogP contribution in [0.5, 0.6) is 0 Å². The standard InChI is InChI=1S/C80H66N2/c1-52-44-53-32-40-64(58(45-52)46-53)56-33-36-61(37-34-56)81(59-24-12-6-13-25-59)63-38-41-67-69-47-57(54-20-8-4-9-21-54)35-42-75(69)80(76(67)49-63)74-31-19-17-29-66(74)71-50-68(55-22-10-5-11-23-55)78(51-77(71)80)82(60-26-14-7-15-27-60)62-39-43-73-70(48-62)65-28-16-18-30-72(65)79(73,2)3/h4-31,33-39,41-43,47-53,58,64H,32,40,44-46H2,1-3H3. The second kappa shape index (κ2) is 19.1. The molecule has 11 aromatic rings. The fourth-order valence-corrected chi connectivity index (χ4v) is 16.4. The molecule has 0 amide bonds. The molecule has 5 unspecified atom stereocenters. The van der Waals surface area contributed by atoms with Crippen molar-refractivity contribution in [3.63, 3.8) is 0 Å². The summed E-state index contributed by atoms with van der Waals surface area (Å²) >= 11 is 0. The first-order valence-electron chi connectivity index (χ1n) is 30.0. The number of hydrogen-bond acceptors (Lipinski definition) is 2. The molecular formula is C80H66N2. The second-order valence-electron chi connectivity index (χ2n) is 24.9. The van der Waals surface area contributed by atoms with E-state index in [1.807, 2.05) is 0 Å². The largest absolute Gasteiger partial charge is 0.310 e. The maximum atomic E-state index is 2.60. The van der Waals surface area contributed by atoms with Crippen LogP contribution >= 0.6 is 0 Å². The maximum Gasteiger partial charge on any atom is 0.0727 e. The molecule has 5 aliphatic carbocycles. The molecule has 2 bridgehead atoms. The van der Waals surface area contributed by atoms with Gasteiger partial charge in [0, 0.05) is 39.4 Å². The van der Waals surface area contributed by atoms with Crippen LogP contribution in [0.4, 0.5) is 34.1 Å². The van der Waals surface area contributed by atoms with Crippen LogP contribution in [0.3, 0.4) is 0 Å². The quantitative estimate of drug-likeness (QED) is 0.142. The van der Waals surface area contributed by atoms with E-state index in [9.17, 15) is 0 Å². The van der Waals surface area contributed by atoms with E-state index in [0.29, 0.717) is 5.92 Å². The molecule has 396 valence electrons. The summed E-state index contributed by atoms with van der Waals surface area (Å²) in [4.78, 5) is 5.05. The molecule has 0 N–H and O–H groups in total. The first kappa shape index (κ1) is 48.9. The Bertz CT molecular complexity index is 4250. The molecule has 2 heteroatoms. The Morgan fingerprint density at radius 3 is 1.57 bits per heavy atom. The van der Waals surface area contributed by atoms with Crippen LogP contribution in [0.15, 0.2) is 261 Å². The number of para-hydroxylation sites is 2. The Balaban J connectivity index is 0.942. The van der Waals surface area contributed by atoms with Crippen molar-refractivity contribution in [2.24, 2.45) is 17.8 Å². The van der Waals surface area contributed by atoms with E-state index in [1.54, 1.807) is 0 Å². The molecule has 82 heavy (non-hydrogen) atoms. The monoisotopic (exact) mass is 1050 g/mol. The first-order chi connectivity index (χ1) is 40.3. The smallest absolute Gasteiger partial charge is 0.0727 e. The van der Waals surface area contributed by atoms with Gasteiger partial charge in [0.1, 0.15) is 0 Å². The highest BCUT2D eigenvalue weighted by atomic mass is 15.2. The van der Waals surface area contributed by atoms with Crippen molar-refractivity contribution >= 4 is 34.1 Å². The molecule has 0 aromatic heterocycles. The molecule has 2 nitrogen and oxygen atoms in total. The lowest BCUT2D eigenvalue weighted by atomic mass is 9.62. The summed E-state index contributed by atoms with van der Waals surface area (Å²) in [5, 5.41) is 0. The van der Waals surface area contributed by atoms with Crippen molar-refractivity contribution < 1.29 is 0 Å². The van der Waals surface area contributed by atoms with E-state index in [2.05, 4.69) is 291 Å². The number of rotatable bonds is 9. The molecule has 0 aliphatic heterocycles. The molecule has 2 saturated carbocycles. The van der Waals surface area contributed by atoms with Crippen LogP contribution in [0, 0.1) is 17.8 Å². The Kier molecular flexibility index (Phi) is 11.4. The third-order valence-corrected chi connectivity index (χ3v) is 19.9. The van der Waals surface area contributed by atoms with Crippen molar-refractivity contribution in [2.75, 3.05) is 9.80 Å². The van der Waals surface area contributed by atoms with Crippen molar-refractivity contribution in [3.8, 4) is 55.6 Å². The van der Waals surface area contributed by atoms with E-state index in [1.165, 1.54) is 132 Å². The molecule has 16 rings (SSSR count). The predicted molar refractivity (Wildman–Crippen MR) is 343 cm³/mol. The number of benzene rings is 11. The van der Waals surface area contributed by atoms with Gasteiger partial charge in [0.15, 0.2) is 0 Å². The van der Waals surface area contributed by atoms with Gasteiger partial charge in [0.05, 0.1) is 11.1 Å². The van der Waals surface area contributed by atoms with Gasteiger partial charge in [0.25, 0.3) is 0 Å². The number of anilines is 6. The van der Waals surface area contributed by atoms with Gasteiger partial charge >= 0.3 is 0 Å². The fraction of sp³-hybridized carbons (Fsp3) is 0.175. The van der Waals surface area contributed by atoms with E-state index >= 15 is 0 Å². The second-order valence-corrected chi connectivity index (χ2v) is 24.9. The summed E-state index contributed by atoms with van der Waals surface area (Å²) in [5.41, 5.74) is 28.1. The van der Waals surface area contributed by atoms with E-state index in [4.69, 9.17) is 0 Å². The highest BCUT2D eigenvalue weighted by molar-refractivity contribution is 6.02. The molecule has 1 spiro atoms. The van der Waals surface area contributed by atoms with Crippen LogP contribution in [0.1, 0.15) is 97.7 Å². The highest BCUT2D eigenvalue weighted by Gasteiger charge is 2.53. The summed E-state index contributed by atoms with van der Waals surface area (Å²) < 4.78 is 0. The predicted octanol–water partition coefficient (Wildman–Crippen LogP) is 21.5. The minimum atomic E-state index is -0.669. The molecule has 11 aromatic carbocycles. The van der Waals surface area contributed by atoms with Crippen LogP contribution in [0.2, 0.25) is 0 Å². The molecular weight excluding hydrogens is 989 g/mol. The van der Waals surface area contributed by atoms with Gasteiger partial charge < -0.3 is 9.80 Å². The molecule has 2 fully saturated rings. The van der Waals surface area contributed by atoms with Crippen molar-refractivity contribution in [1.29, 1.82) is 0 Å². The van der Waals surface area contributed by atoms with Crippen LogP contribution < -0.4 is 9.80 Å². The summed E-state index contributed by atoms with van der Waals surface area (Å²) in [6, 6.07) is 99.3. The third-order valence-electron chi connectivity index (χ3n) is 19.9. The molecule has 0 saturated heterocycles. The van der Waals surface area contributed by atoms with Crippen LogP contribution in [-0.4, -0.2) is 0 Å². The summed E-state index contributed by atoms with van der Waals surface area (Å²) in [5.74, 6) is 3.16. The molecule has 5 atom stereocenters. The summed E-state index contributed by atoms with van der Waals surface area (Å²) in [6.45, 7) is 7.24. The van der Waals surface area contributed by atoms with Gasteiger partial charge in [-0.15, -0.1) is 0 Å². The lowest BCUT2D eigenvalue weighted by Crippen LogP contribution is -2.30. The van der Waals surface area contributed by atoms with Gasteiger partial charge in [-0.2, -0.15) is 0 Å². The third kappa shape index (κ3) is 7.53. The molecule has 0 heterocycles. The SMILES string of the molecule is CC1CC2CCC(c3ccc(N(c4ccccc4)c4ccc5c(c4)C4(c6ccccc6-c6cc(-c7ccccc7)c(N(c7ccccc7)c7ccc8c(c7)-c7ccccc7C8(C)C)cc64)c4ccc(-c6ccccc6)cc4-5)cc3)C(C1)C2. The average molecular weight is 1060 g/mol. The van der Waals surface area contributed by atoms with E-state index in [0.717, 1.165) is 46.2 Å². The first-order valence-corrected chi connectivity index (χ1v) is 30.0. The zero-order chi connectivity index (χ0) is 54.7. The highest BCUT2D eigenvalue weighted by Crippen LogP contribution is 2.66. The number of hydrogen-bond donors (Lipinski definition) is 0. The summed E-state index contributed by atoms with van der Waals surface area (Å²) in [7, 11) is 0. The van der Waals surface area contributed by atoms with E-state index < -0.39 is 5.41 Å². The van der Waals surface area contributed by atoms with Crippen LogP contribution in [0.25, 0.3) is 55.6 Å². The van der Waals surface area contributed by atoms with Crippen molar-refractivity contribution in [2.45, 2.75) is 69.6 Å². The Morgan fingerprint density at radius 1 is 0.329 bits per heavy atom. The average Bonchev–Trinajstić information content (AvgIpc) is 1.78. The minimum Gasteiger partial charge on any atom is -0.310 e. The summed E-state index contributed by atoms with van der Waals surface area (Å²) in [6.07, 6.45) is 6.84. The number of fused-ring (bicyclic) bond motifs is 15. The zero-order valence-electron chi connectivity index (χ0n) is 47.1. The lowest BCUT2D eigenvalue weighted by molar-refractivity contribution is 0.124. The molecule has 0 radical (unpaired) electrons. The van der Waals surface area contributed by atoms with Crippen molar-refractivity contribution in [3.05, 3.63) is 300 Å². The maximum absolute atomic E-state index is 2.60. The van der Waals surface area contributed by atoms with E-state index in [-0.39, 0.29) is 5.41 Å². The van der Waals surface area contributed by atoms with Gasteiger partial charge in [-0.05, 0) is 224 Å². The van der Waals surface area contributed by atoms with Gasteiger partial charge in [-0.25, -0.2) is 0 Å². The van der Waals surface area contributed by atoms with Gasteiger partial charge in [-0.1, -0.05) is 203 Å². The minimum absolute atomic E-state index is 0.113. The Morgan fingerprint density at radius 2 is 0.841 bits per heavy atom. The Hall–Kier alpha value is -8.98.